The Morgan fingerprint density at radius 1 is 1.17 bits per heavy atom. The van der Waals surface area contributed by atoms with E-state index in [1.807, 2.05) is 24.3 Å². The van der Waals surface area contributed by atoms with E-state index in [1.165, 1.54) is 0 Å². The van der Waals surface area contributed by atoms with Crippen LogP contribution in [0, 0.1) is 11.3 Å². The highest BCUT2D eigenvalue weighted by molar-refractivity contribution is 5.97. The summed E-state index contributed by atoms with van der Waals surface area (Å²) in [5, 5.41) is 19.6. The number of halogens is 1. The number of Topliss-reactive ketones (excluding diaryl/α,β-unsaturated/α-hetero) is 1. The van der Waals surface area contributed by atoms with E-state index in [-0.39, 0.29) is 24.7 Å². The fourth-order valence-corrected chi connectivity index (χ4v) is 3.01. The van der Waals surface area contributed by atoms with Gasteiger partial charge in [-0.25, -0.2) is 9.61 Å². The molecule has 2 aromatic carbocycles. The second kappa shape index (κ2) is 9.07. The van der Waals surface area contributed by atoms with Crippen LogP contribution in [0.3, 0.4) is 0 Å². The smallest absolute Gasteiger partial charge is 0.202 e. The Balaban J connectivity index is 0.00000256. The van der Waals surface area contributed by atoms with Gasteiger partial charge in [0.1, 0.15) is 0 Å². The maximum atomic E-state index is 12.9. The Morgan fingerprint density at radius 2 is 1.93 bits per heavy atom. The number of para-hydroxylation sites is 2. The molecule has 4 aromatic rings. The number of nitrogens with two attached hydrogens (primary N) is 1. The number of imidazole rings is 1. The van der Waals surface area contributed by atoms with Crippen molar-refractivity contribution < 1.29 is 9.42 Å². The van der Waals surface area contributed by atoms with Crippen LogP contribution in [0.4, 0.5) is 11.5 Å². The number of hydrogen-bond donors (Lipinski definition) is 2. The van der Waals surface area contributed by atoms with Gasteiger partial charge in [-0.15, -0.1) is 12.4 Å². The van der Waals surface area contributed by atoms with Crippen molar-refractivity contribution in [3.8, 4) is 17.6 Å². The average Bonchev–Trinajstić information content (AvgIpc) is 3.33. The maximum Gasteiger partial charge on any atom is 0.202 e. The predicted octanol–water partition coefficient (Wildman–Crippen LogP) is 3.30. The molecule has 2 aromatic heterocycles. The van der Waals surface area contributed by atoms with Gasteiger partial charge in [-0.2, -0.15) is 5.26 Å². The van der Waals surface area contributed by atoms with Gasteiger partial charge >= 0.3 is 0 Å². The van der Waals surface area contributed by atoms with Crippen LogP contribution in [0.25, 0.3) is 22.6 Å². The molecule has 2 heterocycles. The van der Waals surface area contributed by atoms with Crippen LogP contribution in [0.5, 0.6) is 0 Å². The zero-order chi connectivity index (χ0) is 20.2. The lowest BCUT2D eigenvalue weighted by Gasteiger charge is -2.08. The Morgan fingerprint density at radius 3 is 2.70 bits per heavy atom. The van der Waals surface area contributed by atoms with Crippen molar-refractivity contribution >= 4 is 40.7 Å². The summed E-state index contributed by atoms with van der Waals surface area (Å²) in [4.78, 5) is 17.5. The lowest BCUT2D eigenvalue weighted by Crippen LogP contribution is -2.12. The highest BCUT2D eigenvalue weighted by atomic mass is 35.5. The SMILES string of the molecule is Cl.N#CCCNc1nonc1-c1nc2ccccc2n1CC(=O)c1ccc(N)cc1. The highest BCUT2D eigenvalue weighted by Crippen LogP contribution is 2.28. The Labute approximate surface area is 177 Å². The number of carbonyl (C=O) groups is 1. The number of nitrogen functional groups attached to an aromatic ring is 1. The normalized spacial score (nSPS) is 10.4. The number of anilines is 2. The number of hydrogen-bond acceptors (Lipinski definition) is 8. The number of fused-ring (bicyclic) bond motifs is 1. The van der Waals surface area contributed by atoms with E-state index in [0.717, 1.165) is 11.0 Å². The summed E-state index contributed by atoms with van der Waals surface area (Å²) in [5.41, 5.74) is 8.75. The van der Waals surface area contributed by atoms with Gasteiger partial charge in [-0.1, -0.05) is 12.1 Å². The zero-order valence-electron chi connectivity index (χ0n) is 15.8. The molecule has 0 fully saturated rings. The van der Waals surface area contributed by atoms with Gasteiger partial charge in [0.05, 0.1) is 30.1 Å². The molecule has 0 aliphatic carbocycles. The molecule has 0 bridgehead atoms. The van der Waals surface area contributed by atoms with E-state index in [2.05, 4.69) is 26.7 Å². The second-order valence-electron chi connectivity index (χ2n) is 6.35. The predicted molar refractivity (Wildman–Crippen MR) is 114 cm³/mol. The van der Waals surface area contributed by atoms with E-state index < -0.39 is 0 Å². The summed E-state index contributed by atoms with van der Waals surface area (Å²) in [6.45, 7) is 0.451. The van der Waals surface area contributed by atoms with Crippen LogP contribution in [0.15, 0.2) is 53.2 Å². The minimum absolute atomic E-state index is 0. The Hall–Kier alpha value is -3.90. The van der Waals surface area contributed by atoms with E-state index in [1.54, 1.807) is 28.8 Å². The molecule has 4 rings (SSSR count). The van der Waals surface area contributed by atoms with Crippen molar-refractivity contribution in [1.82, 2.24) is 19.9 Å². The summed E-state index contributed by atoms with van der Waals surface area (Å²) in [6, 6.07) is 16.3. The third-order valence-corrected chi connectivity index (χ3v) is 4.42. The lowest BCUT2D eigenvalue weighted by atomic mass is 10.1. The molecular formula is C20H18ClN7O2. The summed E-state index contributed by atoms with van der Waals surface area (Å²) < 4.78 is 6.67. The Bertz CT molecular complexity index is 1210. The molecule has 0 amide bonds. The molecule has 0 saturated heterocycles. The summed E-state index contributed by atoms with van der Waals surface area (Å²) in [5.74, 6) is 0.734. The number of carbonyl (C=O) groups excluding carboxylic acids is 1. The van der Waals surface area contributed by atoms with Gasteiger partial charge in [0.25, 0.3) is 0 Å². The van der Waals surface area contributed by atoms with Gasteiger partial charge in [0.2, 0.25) is 5.82 Å². The molecule has 10 heteroatoms. The summed E-state index contributed by atoms with van der Waals surface area (Å²) in [6.07, 6.45) is 0.304. The van der Waals surface area contributed by atoms with E-state index in [0.29, 0.717) is 41.6 Å². The standard InChI is InChI=1S/C20H17N7O2.ClH/c21-10-3-11-23-19-18(25-29-26-19)20-24-15-4-1-2-5-16(15)27(20)12-17(28)13-6-8-14(22)9-7-13;/h1-2,4-9H,3,11-12,22H2,(H,23,26);1H. The molecule has 3 N–H and O–H groups in total. The number of benzene rings is 2. The number of nitrogens with one attached hydrogen (secondary N) is 1. The topological polar surface area (TPSA) is 136 Å². The first-order chi connectivity index (χ1) is 14.2. The molecule has 0 saturated carbocycles. The van der Waals surface area contributed by atoms with Crippen LogP contribution in [-0.2, 0) is 6.54 Å². The van der Waals surface area contributed by atoms with Crippen LogP contribution in [0.1, 0.15) is 16.8 Å². The molecule has 152 valence electrons. The van der Waals surface area contributed by atoms with Crippen LogP contribution in [0.2, 0.25) is 0 Å². The number of aromatic nitrogens is 4. The molecule has 9 nitrogen and oxygen atoms in total. The van der Waals surface area contributed by atoms with Crippen molar-refractivity contribution in [2.45, 2.75) is 13.0 Å². The van der Waals surface area contributed by atoms with Gasteiger partial charge in [0.15, 0.2) is 17.3 Å². The fraction of sp³-hybridized carbons (Fsp3) is 0.150. The van der Waals surface area contributed by atoms with Crippen molar-refractivity contribution in [2.75, 3.05) is 17.6 Å². The molecule has 0 aliphatic heterocycles. The first kappa shape index (κ1) is 20.8. The Kier molecular flexibility index (Phi) is 6.29. The first-order valence-corrected chi connectivity index (χ1v) is 8.95. The van der Waals surface area contributed by atoms with E-state index in [9.17, 15) is 4.79 Å². The minimum Gasteiger partial charge on any atom is -0.399 e. The quantitative estimate of drug-likeness (QED) is 0.262. The lowest BCUT2D eigenvalue weighted by molar-refractivity contribution is 0.0974. The van der Waals surface area contributed by atoms with E-state index in [4.69, 9.17) is 15.6 Å². The van der Waals surface area contributed by atoms with Crippen LogP contribution in [-0.4, -0.2) is 32.2 Å². The molecule has 0 unspecified atom stereocenters. The minimum atomic E-state index is -0.0927. The maximum absolute atomic E-state index is 12.9. The third-order valence-electron chi connectivity index (χ3n) is 4.42. The number of nitrogens with zero attached hydrogens (tertiary/aromatic N) is 5. The zero-order valence-corrected chi connectivity index (χ0v) is 16.6. The first-order valence-electron chi connectivity index (χ1n) is 8.95. The van der Waals surface area contributed by atoms with Crippen molar-refractivity contribution in [3.05, 3.63) is 54.1 Å². The molecule has 0 aliphatic rings. The van der Waals surface area contributed by atoms with Crippen molar-refractivity contribution in [2.24, 2.45) is 0 Å². The van der Waals surface area contributed by atoms with Gasteiger partial charge in [-0.3, -0.25) is 4.79 Å². The monoisotopic (exact) mass is 423 g/mol. The fourth-order valence-electron chi connectivity index (χ4n) is 3.01. The van der Waals surface area contributed by atoms with Crippen LogP contribution < -0.4 is 11.1 Å². The van der Waals surface area contributed by atoms with Gasteiger partial charge in [-0.05, 0) is 46.7 Å². The van der Waals surface area contributed by atoms with Gasteiger partial charge in [0, 0.05) is 17.8 Å². The van der Waals surface area contributed by atoms with E-state index >= 15 is 0 Å². The average molecular weight is 424 g/mol. The van der Waals surface area contributed by atoms with Crippen molar-refractivity contribution in [3.63, 3.8) is 0 Å². The number of nitriles is 1. The molecule has 0 atom stereocenters. The molecule has 30 heavy (non-hydrogen) atoms. The molecule has 0 radical (unpaired) electrons. The van der Waals surface area contributed by atoms with Crippen molar-refractivity contribution in [1.29, 1.82) is 5.26 Å². The third kappa shape index (κ3) is 4.09. The number of rotatable bonds is 7. The largest absolute Gasteiger partial charge is 0.399 e. The molecule has 0 spiro atoms. The number of ketones is 1. The summed E-state index contributed by atoms with van der Waals surface area (Å²) >= 11 is 0. The van der Waals surface area contributed by atoms with Crippen LogP contribution >= 0.6 is 12.4 Å². The van der Waals surface area contributed by atoms with Gasteiger partial charge < -0.3 is 15.6 Å². The highest BCUT2D eigenvalue weighted by Gasteiger charge is 2.22. The summed E-state index contributed by atoms with van der Waals surface area (Å²) in [7, 11) is 0. The second-order valence-corrected chi connectivity index (χ2v) is 6.35. The molecular weight excluding hydrogens is 406 g/mol.